The highest BCUT2D eigenvalue weighted by atomic mass is 16.6. The highest BCUT2D eigenvalue weighted by Gasteiger charge is 2.35. The van der Waals surface area contributed by atoms with E-state index in [1.165, 1.54) is 7.11 Å². The van der Waals surface area contributed by atoms with Gasteiger partial charge in [-0.15, -0.1) is 0 Å². The van der Waals surface area contributed by atoms with Crippen molar-refractivity contribution in [2.45, 2.75) is 52.7 Å². The van der Waals surface area contributed by atoms with Crippen molar-refractivity contribution >= 4 is 24.0 Å². The number of carbonyl (C=O) groups excluding carboxylic acids is 2. The maximum absolute atomic E-state index is 12.6. The molecule has 9 nitrogen and oxygen atoms in total. The van der Waals surface area contributed by atoms with Crippen LogP contribution in [0.3, 0.4) is 0 Å². The number of nitrogens with zero attached hydrogens (tertiary/aromatic N) is 2. The molecule has 0 spiro atoms. The summed E-state index contributed by atoms with van der Waals surface area (Å²) in [6.07, 6.45) is -1.05. The zero-order valence-electron chi connectivity index (χ0n) is 15.9. The largest absolute Gasteiger partial charge is 0.493 e. The number of rotatable bonds is 3. The molecule has 0 aliphatic heterocycles. The minimum Gasteiger partial charge on any atom is -0.493 e. The van der Waals surface area contributed by atoms with Crippen LogP contribution in [-0.4, -0.2) is 46.6 Å². The monoisotopic (exact) mass is 368 g/mol. The predicted molar refractivity (Wildman–Crippen MR) is 92.7 cm³/mol. The third-order valence-electron chi connectivity index (χ3n) is 2.66. The number of pyridine rings is 1. The molecule has 2 amide bonds. The number of anilines is 1. The molecule has 0 saturated heterocycles. The molecule has 0 saturated carbocycles. The molecule has 0 atom stereocenters. The van der Waals surface area contributed by atoms with Gasteiger partial charge in [-0.2, -0.15) is 4.90 Å². The zero-order valence-corrected chi connectivity index (χ0v) is 15.9. The normalized spacial score (nSPS) is 11.5. The number of aromatic nitrogens is 1. The molecule has 1 aromatic rings. The van der Waals surface area contributed by atoms with E-state index in [9.17, 15) is 14.4 Å². The van der Waals surface area contributed by atoms with E-state index in [-0.39, 0.29) is 17.1 Å². The number of carboxylic acids is 1. The van der Waals surface area contributed by atoms with E-state index in [4.69, 9.17) is 19.3 Å². The third kappa shape index (κ3) is 5.91. The Balaban J connectivity index is 3.42. The molecule has 0 aliphatic carbocycles. The first-order valence-corrected chi connectivity index (χ1v) is 7.78. The Morgan fingerprint density at radius 1 is 1.00 bits per heavy atom. The first-order valence-electron chi connectivity index (χ1n) is 7.78. The van der Waals surface area contributed by atoms with Gasteiger partial charge in [-0.25, -0.2) is 19.4 Å². The fourth-order valence-electron chi connectivity index (χ4n) is 1.74. The summed E-state index contributed by atoms with van der Waals surface area (Å²) in [5.74, 6) is -1.56. The lowest BCUT2D eigenvalue weighted by Crippen LogP contribution is -2.44. The van der Waals surface area contributed by atoms with Crippen LogP contribution in [0, 0.1) is 0 Å². The molecule has 144 valence electrons. The van der Waals surface area contributed by atoms with Gasteiger partial charge in [0.05, 0.1) is 12.7 Å². The molecule has 0 aliphatic rings. The van der Waals surface area contributed by atoms with Crippen LogP contribution in [0.2, 0.25) is 0 Å². The molecule has 0 aromatic carbocycles. The van der Waals surface area contributed by atoms with Crippen molar-refractivity contribution in [2.24, 2.45) is 0 Å². The van der Waals surface area contributed by atoms with Crippen molar-refractivity contribution < 1.29 is 33.7 Å². The first-order chi connectivity index (χ1) is 11.7. The summed E-state index contributed by atoms with van der Waals surface area (Å²) in [6.45, 7) is 9.81. The lowest BCUT2D eigenvalue weighted by Gasteiger charge is -2.28. The van der Waals surface area contributed by atoms with Crippen LogP contribution in [0.1, 0.15) is 51.9 Å². The Morgan fingerprint density at radius 3 is 1.81 bits per heavy atom. The molecule has 0 fully saturated rings. The van der Waals surface area contributed by atoms with Crippen molar-refractivity contribution in [3.05, 3.63) is 17.8 Å². The minimum atomic E-state index is -1.23. The van der Waals surface area contributed by atoms with E-state index in [1.807, 2.05) is 0 Å². The Kier molecular flexibility index (Phi) is 6.19. The van der Waals surface area contributed by atoms with Crippen LogP contribution in [0.25, 0.3) is 0 Å². The maximum atomic E-state index is 12.6. The van der Waals surface area contributed by atoms with Gasteiger partial charge in [0.1, 0.15) is 11.2 Å². The first kappa shape index (κ1) is 21.2. The van der Waals surface area contributed by atoms with Crippen LogP contribution >= 0.6 is 0 Å². The Hall–Kier alpha value is -2.84. The van der Waals surface area contributed by atoms with E-state index < -0.39 is 29.4 Å². The average molecular weight is 368 g/mol. The van der Waals surface area contributed by atoms with Gasteiger partial charge in [0.25, 0.3) is 0 Å². The molecule has 1 aromatic heterocycles. The van der Waals surface area contributed by atoms with Crippen LogP contribution in [0.5, 0.6) is 5.75 Å². The number of imide groups is 1. The third-order valence-corrected chi connectivity index (χ3v) is 2.66. The second kappa shape index (κ2) is 7.59. The summed E-state index contributed by atoms with van der Waals surface area (Å²) in [5.41, 5.74) is -1.93. The highest BCUT2D eigenvalue weighted by Crippen LogP contribution is 2.29. The van der Waals surface area contributed by atoms with Gasteiger partial charge >= 0.3 is 18.2 Å². The number of hydrogen-bond acceptors (Lipinski definition) is 7. The van der Waals surface area contributed by atoms with E-state index in [0.29, 0.717) is 4.90 Å². The molecule has 0 unspecified atom stereocenters. The van der Waals surface area contributed by atoms with Crippen LogP contribution in [0.4, 0.5) is 15.4 Å². The van der Waals surface area contributed by atoms with Crippen molar-refractivity contribution in [1.82, 2.24) is 4.98 Å². The predicted octanol–water partition coefficient (Wildman–Crippen LogP) is 3.47. The number of methoxy groups -OCH3 is 1. The molecule has 1 rings (SSSR count). The fourth-order valence-corrected chi connectivity index (χ4v) is 1.74. The van der Waals surface area contributed by atoms with Crippen LogP contribution in [-0.2, 0) is 9.47 Å². The second-order valence-corrected chi connectivity index (χ2v) is 7.35. The van der Waals surface area contributed by atoms with Gasteiger partial charge < -0.3 is 19.3 Å². The van der Waals surface area contributed by atoms with Gasteiger partial charge in [0.2, 0.25) is 0 Å². The van der Waals surface area contributed by atoms with Gasteiger partial charge in [-0.1, -0.05) is 0 Å². The second-order valence-electron chi connectivity index (χ2n) is 7.35. The fraction of sp³-hybridized carbons (Fsp3) is 0.529. The lowest BCUT2D eigenvalue weighted by atomic mass is 10.2. The number of amides is 2. The molecular formula is C17H24N2O7. The van der Waals surface area contributed by atoms with Crippen LogP contribution < -0.4 is 9.64 Å². The van der Waals surface area contributed by atoms with E-state index in [1.54, 1.807) is 41.5 Å². The Morgan fingerprint density at radius 2 is 1.46 bits per heavy atom. The summed E-state index contributed by atoms with van der Waals surface area (Å²) in [7, 11) is 1.26. The number of ether oxygens (including phenoxy) is 3. The average Bonchev–Trinajstić information content (AvgIpc) is 2.43. The van der Waals surface area contributed by atoms with Crippen LogP contribution in [0.15, 0.2) is 12.3 Å². The van der Waals surface area contributed by atoms with Gasteiger partial charge in [-0.05, 0) is 41.5 Å². The molecular weight excluding hydrogens is 344 g/mol. The van der Waals surface area contributed by atoms with Crippen molar-refractivity contribution in [3.63, 3.8) is 0 Å². The molecule has 0 radical (unpaired) electrons. The van der Waals surface area contributed by atoms with E-state index in [2.05, 4.69) is 4.98 Å². The number of carboxylic acid groups (broad SMARTS) is 1. The number of carbonyl (C=O) groups is 3. The topological polar surface area (TPSA) is 115 Å². The van der Waals surface area contributed by atoms with Crippen molar-refractivity contribution in [1.29, 1.82) is 0 Å². The molecule has 9 heteroatoms. The standard InChI is InChI=1S/C17H24N2O7/c1-16(2,3)25-14(22)19(15(23)26-17(4,5)6)12-11(24-7)8-10(9-18-12)13(20)21/h8-9H,1-7H3,(H,20,21). The number of hydrogen-bond donors (Lipinski definition) is 1. The quantitative estimate of drug-likeness (QED) is 0.862. The Bertz CT molecular complexity index is 674. The van der Waals surface area contributed by atoms with E-state index in [0.717, 1.165) is 12.3 Å². The van der Waals surface area contributed by atoms with E-state index >= 15 is 0 Å². The van der Waals surface area contributed by atoms with Gasteiger partial charge in [0, 0.05) is 12.3 Å². The summed E-state index contributed by atoms with van der Waals surface area (Å²) < 4.78 is 15.6. The summed E-state index contributed by atoms with van der Waals surface area (Å²) in [5, 5.41) is 9.07. The minimum absolute atomic E-state index is 0.0957. The van der Waals surface area contributed by atoms with Gasteiger partial charge in [0.15, 0.2) is 11.6 Å². The molecule has 26 heavy (non-hydrogen) atoms. The summed E-state index contributed by atoms with van der Waals surface area (Å²) >= 11 is 0. The highest BCUT2D eigenvalue weighted by molar-refractivity contribution is 6.10. The van der Waals surface area contributed by atoms with Crippen molar-refractivity contribution in [2.75, 3.05) is 12.0 Å². The molecule has 1 N–H and O–H groups in total. The number of aromatic carboxylic acids is 1. The lowest BCUT2D eigenvalue weighted by molar-refractivity contribution is 0.0427. The van der Waals surface area contributed by atoms with Gasteiger partial charge in [-0.3, -0.25) is 0 Å². The molecule has 1 heterocycles. The Labute approximate surface area is 151 Å². The smallest absolute Gasteiger partial charge is 0.425 e. The summed E-state index contributed by atoms with van der Waals surface area (Å²) in [4.78, 5) is 40.7. The summed E-state index contributed by atoms with van der Waals surface area (Å²) in [6, 6.07) is 1.15. The molecule has 0 bridgehead atoms. The van der Waals surface area contributed by atoms with Crippen molar-refractivity contribution in [3.8, 4) is 5.75 Å². The SMILES string of the molecule is COc1cc(C(=O)O)cnc1N(C(=O)OC(C)(C)C)C(=O)OC(C)(C)C. The maximum Gasteiger partial charge on any atom is 0.425 e. The zero-order chi connectivity index (χ0) is 20.3.